The Morgan fingerprint density at radius 3 is 2.79 bits per heavy atom. The van der Waals surface area contributed by atoms with Crippen molar-refractivity contribution in [3.63, 3.8) is 0 Å². The van der Waals surface area contributed by atoms with Crippen LogP contribution in [0.4, 0.5) is 5.82 Å². The molecule has 176 valence electrons. The Kier molecular flexibility index (Phi) is 7.81. The second-order valence-electron chi connectivity index (χ2n) is 9.13. The van der Waals surface area contributed by atoms with Crippen LogP contribution in [0.15, 0.2) is 53.7 Å². The average molecular weight is 449 g/mol. The molecule has 1 amide bonds. The summed E-state index contributed by atoms with van der Waals surface area (Å²) in [6, 6.07) is 14.8. The highest BCUT2D eigenvalue weighted by Crippen LogP contribution is 2.25. The molecule has 2 aromatic rings. The van der Waals surface area contributed by atoms with Gasteiger partial charge in [-0.15, -0.1) is 0 Å². The summed E-state index contributed by atoms with van der Waals surface area (Å²) in [5, 5.41) is 3.48. The van der Waals surface area contributed by atoms with Crippen LogP contribution in [0, 0.1) is 11.8 Å². The van der Waals surface area contributed by atoms with Crippen molar-refractivity contribution in [1.29, 1.82) is 0 Å². The van der Waals surface area contributed by atoms with Crippen molar-refractivity contribution in [3.8, 4) is 0 Å². The van der Waals surface area contributed by atoms with E-state index >= 15 is 0 Å². The third-order valence-electron chi connectivity index (χ3n) is 6.68. The van der Waals surface area contributed by atoms with Crippen LogP contribution in [0.2, 0.25) is 0 Å². The molecule has 0 radical (unpaired) electrons. The van der Waals surface area contributed by atoms with E-state index in [0.717, 1.165) is 62.8 Å². The third-order valence-corrected chi connectivity index (χ3v) is 6.68. The molecule has 0 aliphatic carbocycles. The zero-order valence-electron chi connectivity index (χ0n) is 19.6. The van der Waals surface area contributed by atoms with E-state index in [2.05, 4.69) is 63.4 Å². The molecule has 2 aliphatic heterocycles. The Labute approximate surface area is 197 Å². The summed E-state index contributed by atoms with van der Waals surface area (Å²) in [4.78, 5) is 26.0. The van der Waals surface area contributed by atoms with Gasteiger partial charge in [-0.1, -0.05) is 36.4 Å². The molecule has 0 spiro atoms. The number of guanidine groups is 1. The summed E-state index contributed by atoms with van der Waals surface area (Å²) in [7, 11) is 0. The van der Waals surface area contributed by atoms with Gasteiger partial charge in [-0.25, -0.2) is 9.98 Å². The van der Waals surface area contributed by atoms with Crippen LogP contribution in [-0.2, 0) is 17.8 Å². The Bertz CT molecular complexity index is 947. The van der Waals surface area contributed by atoms with Crippen LogP contribution >= 0.6 is 0 Å². The lowest BCUT2D eigenvalue weighted by Crippen LogP contribution is -2.42. The molecule has 2 atom stereocenters. The number of aliphatic imine (C=N–C) groups is 1. The van der Waals surface area contributed by atoms with Crippen molar-refractivity contribution in [2.45, 2.75) is 39.2 Å². The highest BCUT2D eigenvalue weighted by molar-refractivity contribution is 5.80. The first-order valence-corrected chi connectivity index (χ1v) is 12.2. The number of nitrogens with two attached hydrogens (primary N) is 1. The van der Waals surface area contributed by atoms with E-state index in [9.17, 15) is 4.79 Å². The Morgan fingerprint density at radius 1 is 1.15 bits per heavy atom. The monoisotopic (exact) mass is 448 g/mol. The molecule has 3 N–H and O–H groups in total. The van der Waals surface area contributed by atoms with E-state index in [4.69, 9.17) is 10.7 Å². The van der Waals surface area contributed by atoms with Crippen LogP contribution < -0.4 is 16.0 Å². The molecule has 7 heteroatoms. The summed E-state index contributed by atoms with van der Waals surface area (Å²) in [5.41, 5.74) is 8.07. The number of nitrogens with zero attached hydrogens (tertiary/aromatic N) is 4. The molecule has 3 heterocycles. The third kappa shape index (κ3) is 6.03. The first kappa shape index (κ1) is 23.1. The number of carbonyl (C=O) groups excluding carboxylic acids is 1. The smallest absolute Gasteiger partial charge is 0.222 e. The lowest BCUT2D eigenvalue weighted by atomic mass is 9.97. The van der Waals surface area contributed by atoms with Gasteiger partial charge in [0.2, 0.25) is 5.91 Å². The highest BCUT2D eigenvalue weighted by Gasteiger charge is 2.27. The summed E-state index contributed by atoms with van der Waals surface area (Å²) >= 11 is 0. The fourth-order valence-electron chi connectivity index (χ4n) is 4.97. The van der Waals surface area contributed by atoms with Gasteiger partial charge in [-0.05, 0) is 50.2 Å². The molecular formula is C26H36N6O. The average Bonchev–Trinajstić information content (AvgIpc) is 3.31. The zero-order valence-corrected chi connectivity index (χ0v) is 19.6. The van der Waals surface area contributed by atoms with Gasteiger partial charge in [-0.2, -0.15) is 0 Å². The van der Waals surface area contributed by atoms with E-state index < -0.39 is 0 Å². The van der Waals surface area contributed by atoms with E-state index in [1.165, 1.54) is 12.0 Å². The van der Waals surface area contributed by atoms with Gasteiger partial charge in [0, 0.05) is 44.5 Å². The predicted molar refractivity (Wildman–Crippen MR) is 133 cm³/mol. The highest BCUT2D eigenvalue weighted by atomic mass is 16.1. The van der Waals surface area contributed by atoms with Gasteiger partial charge in [0.05, 0.1) is 12.5 Å². The zero-order chi connectivity index (χ0) is 23.0. The maximum Gasteiger partial charge on any atom is 0.222 e. The Balaban J connectivity index is 1.44. The molecule has 7 nitrogen and oxygen atoms in total. The van der Waals surface area contributed by atoms with Crippen molar-refractivity contribution >= 4 is 17.7 Å². The Morgan fingerprint density at radius 2 is 2.00 bits per heavy atom. The molecule has 33 heavy (non-hydrogen) atoms. The molecule has 2 fully saturated rings. The van der Waals surface area contributed by atoms with Gasteiger partial charge < -0.3 is 20.9 Å². The normalized spacial score (nSPS) is 21.3. The van der Waals surface area contributed by atoms with Crippen LogP contribution in [0.5, 0.6) is 0 Å². The number of aromatic nitrogens is 1. The second kappa shape index (κ2) is 11.2. The molecule has 2 unspecified atom stereocenters. The number of hydrogen-bond acceptors (Lipinski definition) is 4. The summed E-state index contributed by atoms with van der Waals surface area (Å²) in [5.74, 6) is 2.21. The van der Waals surface area contributed by atoms with Gasteiger partial charge in [-0.3, -0.25) is 4.79 Å². The molecule has 0 bridgehead atoms. The minimum absolute atomic E-state index is 0.111. The number of hydrogen-bond donors (Lipinski definition) is 2. The number of anilines is 1. The minimum Gasteiger partial charge on any atom is -0.369 e. The van der Waals surface area contributed by atoms with E-state index in [0.29, 0.717) is 19.0 Å². The van der Waals surface area contributed by atoms with Crippen molar-refractivity contribution < 1.29 is 4.79 Å². The lowest BCUT2D eigenvalue weighted by Gasteiger charge is -2.33. The number of rotatable bonds is 7. The number of carbonyl (C=O) groups is 1. The van der Waals surface area contributed by atoms with Crippen LogP contribution in [-0.4, -0.2) is 54.5 Å². The van der Waals surface area contributed by atoms with Gasteiger partial charge in [0.15, 0.2) is 5.96 Å². The van der Waals surface area contributed by atoms with Crippen molar-refractivity contribution in [1.82, 2.24) is 15.2 Å². The van der Waals surface area contributed by atoms with E-state index in [1.807, 2.05) is 12.3 Å². The van der Waals surface area contributed by atoms with Crippen molar-refractivity contribution in [2.24, 2.45) is 22.6 Å². The molecule has 4 rings (SSSR count). The first-order valence-electron chi connectivity index (χ1n) is 12.2. The second-order valence-corrected chi connectivity index (χ2v) is 9.13. The standard InChI is InChI=1S/C26H36N6O/c1-2-28-26(32-15-12-21(18-32)16-20-8-4-3-5-9-20)30-17-22-10-6-13-29-25(22)31-14-7-11-23(19-31)24(27)33/h3-6,8-10,13,21,23H,2,7,11-12,14-19H2,1H3,(H2,27,33)(H,28,30). The molecule has 1 aromatic heterocycles. The SMILES string of the molecule is CCNC(=NCc1cccnc1N1CCCC(C(N)=O)C1)N1CCC(Cc2ccccc2)C1. The number of primary amides is 1. The Hall–Kier alpha value is -3.09. The van der Waals surface area contributed by atoms with Crippen molar-refractivity contribution in [3.05, 3.63) is 59.8 Å². The summed E-state index contributed by atoms with van der Waals surface area (Å²) in [6.07, 6.45) is 5.91. The number of nitrogens with one attached hydrogen (secondary N) is 1. The van der Waals surface area contributed by atoms with Crippen LogP contribution in [0.3, 0.4) is 0 Å². The minimum atomic E-state index is -0.219. The van der Waals surface area contributed by atoms with Gasteiger partial charge >= 0.3 is 0 Å². The number of amides is 1. The lowest BCUT2D eigenvalue weighted by molar-refractivity contribution is -0.122. The maximum absolute atomic E-state index is 11.7. The van der Waals surface area contributed by atoms with Gasteiger partial charge in [0.25, 0.3) is 0 Å². The first-order chi connectivity index (χ1) is 16.1. The van der Waals surface area contributed by atoms with E-state index in [-0.39, 0.29) is 11.8 Å². The van der Waals surface area contributed by atoms with Crippen LogP contribution in [0.1, 0.15) is 37.3 Å². The van der Waals surface area contributed by atoms with Gasteiger partial charge in [0.1, 0.15) is 5.82 Å². The molecule has 2 aliphatic rings. The largest absolute Gasteiger partial charge is 0.369 e. The van der Waals surface area contributed by atoms with E-state index in [1.54, 1.807) is 0 Å². The topological polar surface area (TPSA) is 86.9 Å². The predicted octanol–water partition coefficient (Wildman–Crippen LogP) is 2.81. The fourth-order valence-corrected chi connectivity index (χ4v) is 4.97. The number of piperidine rings is 1. The quantitative estimate of drug-likeness (QED) is 0.502. The van der Waals surface area contributed by atoms with Crippen LogP contribution in [0.25, 0.3) is 0 Å². The molecule has 0 saturated carbocycles. The molecular weight excluding hydrogens is 412 g/mol. The fraction of sp³-hybridized carbons (Fsp3) is 0.500. The number of pyridine rings is 1. The molecule has 2 saturated heterocycles. The number of likely N-dealkylation sites (tertiary alicyclic amines) is 1. The molecule has 1 aromatic carbocycles. The summed E-state index contributed by atoms with van der Waals surface area (Å²) < 4.78 is 0. The summed E-state index contributed by atoms with van der Waals surface area (Å²) in [6.45, 7) is 7.08. The van der Waals surface area contributed by atoms with Crippen molar-refractivity contribution in [2.75, 3.05) is 37.6 Å². The number of benzene rings is 1. The maximum atomic E-state index is 11.7.